The zero-order chi connectivity index (χ0) is 85.3. The third kappa shape index (κ3) is 16.6. The molecule has 0 bridgehead atoms. The zero-order valence-electron chi connectivity index (χ0n) is 74.5. The molecule has 1 unspecified atom stereocenters. The molecule has 16 nitrogen and oxygen atoms in total. The van der Waals surface area contributed by atoms with Crippen molar-refractivity contribution >= 4 is 64.7 Å². The second-order valence-corrected chi connectivity index (χ2v) is 45.4. The Morgan fingerprint density at radius 3 is 1.51 bits per heavy atom. The fourth-order valence-corrected chi connectivity index (χ4v) is 27.4. The Balaban J connectivity index is 0.000000230. The number of aliphatic hydroxyl groups excluding tert-OH is 2. The number of carboxylic acids is 1. The van der Waals surface area contributed by atoms with Gasteiger partial charge in [-0.15, -0.1) is 0 Å². The van der Waals surface area contributed by atoms with Crippen LogP contribution < -0.4 is 5.32 Å². The number of fused-ring (bicyclic) bond motifs is 14. The van der Waals surface area contributed by atoms with Gasteiger partial charge in [-0.05, 0) is 304 Å². The summed E-state index contributed by atoms with van der Waals surface area (Å²) in [6.45, 7) is 51.9. The Morgan fingerprint density at radius 2 is 1.03 bits per heavy atom. The predicted octanol–water partition coefficient (Wildman–Crippen LogP) is 21.1. The molecule has 2 aromatic rings. The molecule has 0 aromatic heterocycles. The van der Waals surface area contributed by atoms with Crippen molar-refractivity contribution in [3.8, 4) is 0 Å². The summed E-state index contributed by atoms with van der Waals surface area (Å²) < 4.78 is 24.1. The first-order valence-electron chi connectivity index (χ1n) is 43.9. The summed E-state index contributed by atoms with van der Waals surface area (Å²) in [6.07, 6.45) is 12.4. The van der Waals surface area contributed by atoms with Gasteiger partial charge in [0.1, 0.15) is 23.4 Å². The number of halogens is 2. The number of nitrogens with zero attached hydrogens (tertiary/aromatic N) is 1. The molecule has 0 saturated heterocycles. The third-order valence-corrected chi connectivity index (χ3v) is 33.6. The van der Waals surface area contributed by atoms with E-state index in [4.69, 9.17) is 42.1 Å². The number of Topliss-reactive ketones (excluding diaryl/α,β-unsaturated/α-hetero) is 2. The number of carbonyl (C=O) groups is 7. The van der Waals surface area contributed by atoms with Crippen molar-refractivity contribution in [3.63, 3.8) is 0 Å². The zero-order valence-corrected chi connectivity index (χ0v) is 76.0. The van der Waals surface area contributed by atoms with Crippen molar-refractivity contribution in [1.82, 2.24) is 10.2 Å². The van der Waals surface area contributed by atoms with E-state index in [2.05, 4.69) is 102 Å². The van der Waals surface area contributed by atoms with E-state index >= 15 is 0 Å². The predicted molar refractivity (Wildman–Crippen MR) is 452 cm³/mol. The molecule has 115 heavy (non-hydrogen) atoms. The molecule has 19 atom stereocenters. The molecule has 18 heteroatoms. The molecule has 0 aliphatic heterocycles. The molecule has 0 radical (unpaired) electrons. The SMILES string of the molecule is CC(C)C1=C2C(CC1=O)[C@@H]([C@@H](O)CN(Cc1ccc(Cl)cc1)C(=O)OC(C)(C)C)C[C@]1(C)[C@@H]2CC[C@@H]2[C@@]3(C)CC[C@H](OC(=O)CC(C)(C)C(=O)OC(C)(C)C)C(C)(C)[C@@H]3CC[C@]21C.CC(C)C1=C2[C@H]3CC[C@@H]4[C@@]5(C)CC[C@H](OC(=O)CC(C)(C)C(=O)O)C(C)(C)[C@@H]5CC[C@@]4(C)[C@]3(C)CC[C@@]2([C@@H](O)CNCc2ccc(Cl)cc2)CC1=O. The molecule has 640 valence electrons. The lowest BCUT2D eigenvalue weighted by Gasteiger charge is -2.72. The lowest BCUT2D eigenvalue weighted by molar-refractivity contribution is -0.237. The van der Waals surface area contributed by atoms with E-state index in [1.54, 1.807) is 32.6 Å². The number of hydrogen-bond donors (Lipinski definition) is 4. The van der Waals surface area contributed by atoms with Crippen molar-refractivity contribution in [3.05, 3.63) is 92.0 Å². The van der Waals surface area contributed by atoms with E-state index in [-0.39, 0.29) is 135 Å². The Bertz CT molecular complexity index is 4080. The molecule has 10 aliphatic carbocycles. The van der Waals surface area contributed by atoms with Crippen LogP contribution in [-0.2, 0) is 60.8 Å². The van der Waals surface area contributed by atoms with Gasteiger partial charge in [-0.3, -0.25) is 28.8 Å². The van der Waals surface area contributed by atoms with Crippen molar-refractivity contribution in [2.45, 2.75) is 337 Å². The number of rotatable bonds is 20. The van der Waals surface area contributed by atoms with Crippen LogP contribution in [0.25, 0.3) is 0 Å². The molecule has 2 aromatic carbocycles. The number of esters is 3. The van der Waals surface area contributed by atoms with Crippen molar-refractivity contribution in [2.75, 3.05) is 13.1 Å². The van der Waals surface area contributed by atoms with Gasteiger partial charge >= 0.3 is 30.0 Å². The number of ether oxygens (including phenoxy) is 4. The second-order valence-electron chi connectivity index (χ2n) is 44.5. The highest BCUT2D eigenvalue weighted by Crippen LogP contribution is 2.79. The van der Waals surface area contributed by atoms with E-state index in [0.29, 0.717) is 59.6 Å². The maximum atomic E-state index is 14.1. The van der Waals surface area contributed by atoms with Gasteiger partial charge in [0.25, 0.3) is 0 Å². The van der Waals surface area contributed by atoms with E-state index in [1.165, 1.54) is 11.1 Å². The Labute approximate surface area is 699 Å². The lowest BCUT2D eigenvalue weighted by atomic mass is 9.33. The largest absolute Gasteiger partial charge is 0.481 e. The van der Waals surface area contributed by atoms with E-state index in [1.807, 2.05) is 90.1 Å². The van der Waals surface area contributed by atoms with Crippen LogP contribution in [0.1, 0.15) is 299 Å². The number of carbonyl (C=O) groups excluding carboxylic acids is 6. The number of hydrogen-bond acceptors (Lipinski definition) is 14. The molecule has 0 heterocycles. The minimum Gasteiger partial charge on any atom is -0.481 e. The van der Waals surface area contributed by atoms with Crippen molar-refractivity contribution in [1.29, 1.82) is 0 Å². The minimum absolute atomic E-state index is 0.0141. The number of aliphatic hydroxyl groups is 2. The molecule has 12 rings (SSSR count). The van der Waals surface area contributed by atoms with Crippen LogP contribution in [0, 0.1) is 119 Å². The summed E-state index contributed by atoms with van der Waals surface area (Å²) in [6, 6.07) is 15.2. The fraction of sp³-hybridized carbons (Fsp3) is 0.763. The number of aliphatic carboxylic acids is 1. The van der Waals surface area contributed by atoms with Gasteiger partial charge in [0.2, 0.25) is 0 Å². The number of carboxylic acid groups (broad SMARTS) is 1. The van der Waals surface area contributed by atoms with Gasteiger partial charge < -0.3 is 44.5 Å². The number of nitrogens with one attached hydrogen (secondary N) is 1. The highest BCUT2D eigenvalue weighted by atomic mass is 35.5. The van der Waals surface area contributed by atoms with Crippen LogP contribution in [0.15, 0.2) is 70.8 Å². The summed E-state index contributed by atoms with van der Waals surface area (Å²) in [5.74, 6) is 0.171. The average molecular weight is 1630 g/mol. The van der Waals surface area contributed by atoms with Crippen LogP contribution in [0.5, 0.6) is 0 Å². The van der Waals surface area contributed by atoms with E-state index in [9.17, 15) is 48.9 Å². The van der Waals surface area contributed by atoms with Gasteiger partial charge in [-0.25, -0.2) is 4.79 Å². The van der Waals surface area contributed by atoms with Crippen molar-refractivity contribution in [2.24, 2.45) is 119 Å². The topological polar surface area (TPSA) is 232 Å². The van der Waals surface area contributed by atoms with E-state index < -0.39 is 63.7 Å². The Morgan fingerprint density at radius 1 is 0.548 bits per heavy atom. The molecular weight excluding hydrogens is 1490 g/mol. The average Bonchev–Trinajstić information content (AvgIpc) is 1.66. The Hall–Kier alpha value is -5.13. The van der Waals surface area contributed by atoms with Crippen molar-refractivity contribution < 1.29 is 67.8 Å². The fourth-order valence-electron chi connectivity index (χ4n) is 27.1. The first-order chi connectivity index (χ1) is 53.0. The first kappa shape index (κ1) is 90.6. The van der Waals surface area contributed by atoms with Gasteiger partial charge in [0, 0.05) is 58.8 Å². The molecule has 1 amide bonds. The van der Waals surface area contributed by atoms with Gasteiger partial charge in [0.15, 0.2) is 11.6 Å². The number of ketones is 2. The molecule has 10 aliphatic rings. The standard InChI is InChI=1S/C53H80ClNO8.C44H64ClNO6/c1-31(2)43-37(56)26-34-35(38(57)30-55(46(60)63-48(6,7)8)29-32-16-18-33(54)19-17-32)27-53(15)36(44(34)43)20-21-40-51(13)24-23-41(50(11,12)39(51)22-25-52(40,53)14)61-42(58)28-49(9,10)45(59)62-47(3,4)5;1-26(2)36-30(47)22-44(33(48)25-46-24-27-10-12-28(45)13-11-27)21-20-42(8)29(37(36)44)14-15-32-41(7)18-17-34(52-35(49)23-39(3,4)38(50)51)40(5,6)31(41)16-19-43(32,42)9/h16-19,31,34-36,38-41,57H,20-30H2,1-15H3;10-13,26,29,31-34,46,48H,14-25H2,1-9H3,(H,50,51)/t34?,35-,36+,38-,39-,40+,41-,51-,52+,53+;29-,31+,32-,33+,34+,41+,42-,43-,44+/m01/s1. The van der Waals surface area contributed by atoms with Crippen LogP contribution in [0.2, 0.25) is 10.0 Å². The molecule has 8 fully saturated rings. The van der Waals surface area contributed by atoms with E-state index in [0.717, 1.165) is 119 Å². The summed E-state index contributed by atoms with van der Waals surface area (Å²) in [4.78, 5) is 95.2. The molecule has 0 spiro atoms. The summed E-state index contributed by atoms with van der Waals surface area (Å²) in [5.41, 5.74) is 1.66. The van der Waals surface area contributed by atoms with Crippen LogP contribution >= 0.6 is 23.2 Å². The first-order valence-corrected chi connectivity index (χ1v) is 44.7. The third-order valence-electron chi connectivity index (χ3n) is 33.1. The number of allylic oxidation sites excluding steroid dienone is 3. The quantitative estimate of drug-likeness (QED) is 0.0713. The van der Waals surface area contributed by atoms with Gasteiger partial charge in [0.05, 0.1) is 42.4 Å². The summed E-state index contributed by atoms with van der Waals surface area (Å²) in [7, 11) is 0. The summed E-state index contributed by atoms with van der Waals surface area (Å²) >= 11 is 12.3. The minimum atomic E-state index is -1.17. The number of benzene rings is 2. The smallest absolute Gasteiger partial charge is 0.410 e. The van der Waals surface area contributed by atoms with Crippen LogP contribution in [0.3, 0.4) is 0 Å². The Kier molecular flexibility index (Phi) is 25.2. The second kappa shape index (κ2) is 32.0. The molecule has 8 saturated carbocycles. The molecular formula is C97H144Cl2N2O14. The maximum absolute atomic E-state index is 14.1. The van der Waals surface area contributed by atoms with Gasteiger partial charge in [-0.2, -0.15) is 0 Å². The summed E-state index contributed by atoms with van der Waals surface area (Å²) in [5, 5.41) is 39.2. The monoisotopic (exact) mass is 1630 g/mol. The van der Waals surface area contributed by atoms with Gasteiger partial charge in [-0.1, -0.05) is 156 Å². The number of amides is 1. The maximum Gasteiger partial charge on any atom is 0.410 e. The van der Waals surface area contributed by atoms with Crippen LogP contribution in [0.4, 0.5) is 4.79 Å². The lowest BCUT2D eigenvalue weighted by Crippen LogP contribution is -2.66. The highest BCUT2D eigenvalue weighted by molar-refractivity contribution is 6.30. The normalized spacial score (nSPS) is 35.3. The molecule has 4 N–H and O–H groups in total. The highest BCUT2D eigenvalue weighted by Gasteiger charge is 2.73. The van der Waals surface area contributed by atoms with Crippen LogP contribution in [-0.4, -0.2) is 110 Å².